The smallest absolute Gasteiger partial charge is 0.252 e. The number of aromatic nitrogens is 2. The van der Waals surface area contributed by atoms with E-state index in [0.717, 1.165) is 17.3 Å². The van der Waals surface area contributed by atoms with E-state index in [2.05, 4.69) is 31.3 Å². The number of hydrogen-bond donors (Lipinski definition) is 5. The lowest BCUT2D eigenvalue weighted by atomic mass is 10.2. The molecular weight excluding hydrogens is 398 g/mol. The summed E-state index contributed by atoms with van der Waals surface area (Å²) in [6, 6.07) is 6.78. The predicted molar refractivity (Wildman–Crippen MR) is 115 cm³/mol. The van der Waals surface area contributed by atoms with Gasteiger partial charge in [-0.25, -0.2) is 15.8 Å². The molecule has 9 nitrogen and oxygen atoms in total. The zero-order valence-corrected chi connectivity index (χ0v) is 17.0. The average Bonchev–Trinajstić information content (AvgIpc) is 2.75. The number of nitrogens with two attached hydrogens (primary N) is 1. The molecule has 0 aliphatic rings. The van der Waals surface area contributed by atoms with Gasteiger partial charge in [-0.3, -0.25) is 9.59 Å². The molecule has 0 saturated heterocycles. The Bertz CT molecular complexity index is 692. The molecule has 150 valence electrons. The number of nitrogens with one attached hydrogen (secondary N) is 4. The minimum atomic E-state index is -0.174. The normalized spacial score (nSPS) is 10.2. The molecule has 2 amide bonds. The van der Waals surface area contributed by atoms with Crippen molar-refractivity contribution in [3.05, 3.63) is 47.8 Å². The van der Waals surface area contributed by atoms with Crippen molar-refractivity contribution in [2.24, 2.45) is 5.84 Å². The van der Waals surface area contributed by atoms with Crippen LogP contribution in [0.2, 0.25) is 0 Å². The fourth-order valence-corrected chi connectivity index (χ4v) is 3.84. The molecule has 6 N–H and O–H groups in total. The van der Waals surface area contributed by atoms with E-state index >= 15 is 0 Å². The highest BCUT2D eigenvalue weighted by Gasteiger charge is 2.06. The number of nitrogen functional groups attached to an aromatic ring is 1. The van der Waals surface area contributed by atoms with Crippen LogP contribution in [0.15, 0.2) is 36.7 Å². The first kappa shape index (κ1) is 21.8. The van der Waals surface area contributed by atoms with Crippen LogP contribution in [0.3, 0.4) is 0 Å². The molecule has 2 heterocycles. The van der Waals surface area contributed by atoms with Crippen molar-refractivity contribution in [2.45, 2.75) is 0 Å². The fourth-order valence-electron chi connectivity index (χ4n) is 2.02. The summed E-state index contributed by atoms with van der Waals surface area (Å²) in [4.78, 5) is 32.0. The van der Waals surface area contributed by atoms with E-state index in [4.69, 9.17) is 5.84 Å². The molecule has 0 fully saturated rings. The molecule has 2 rings (SSSR count). The highest BCUT2D eigenvalue weighted by atomic mass is 33.1. The summed E-state index contributed by atoms with van der Waals surface area (Å²) >= 11 is 0. The van der Waals surface area contributed by atoms with Gasteiger partial charge in [0.25, 0.3) is 11.8 Å². The van der Waals surface area contributed by atoms with Gasteiger partial charge in [0.1, 0.15) is 11.6 Å². The third kappa shape index (κ3) is 7.25. The van der Waals surface area contributed by atoms with Gasteiger partial charge < -0.3 is 21.4 Å². The van der Waals surface area contributed by atoms with Crippen LogP contribution in [0.4, 0.5) is 11.6 Å². The number of carbonyl (C=O) groups is 2. The average molecular weight is 422 g/mol. The van der Waals surface area contributed by atoms with Crippen LogP contribution in [0.1, 0.15) is 20.7 Å². The topological polar surface area (TPSA) is 134 Å². The van der Waals surface area contributed by atoms with Gasteiger partial charge in [0.15, 0.2) is 0 Å². The molecule has 0 saturated carbocycles. The monoisotopic (exact) mass is 421 g/mol. The number of rotatable bonds is 11. The summed E-state index contributed by atoms with van der Waals surface area (Å²) < 4.78 is 0. The summed E-state index contributed by atoms with van der Waals surface area (Å²) in [7, 11) is 5.05. The second-order valence-corrected chi connectivity index (χ2v) is 8.12. The predicted octanol–water partition coefficient (Wildman–Crippen LogP) is 1.35. The van der Waals surface area contributed by atoms with Crippen molar-refractivity contribution in [1.82, 2.24) is 20.6 Å². The second-order valence-electron chi connectivity index (χ2n) is 5.41. The van der Waals surface area contributed by atoms with Gasteiger partial charge in [-0.2, -0.15) is 0 Å². The van der Waals surface area contributed by atoms with E-state index < -0.39 is 0 Å². The first-order valence-electron chi connectivity index (χ1n) is 8.51. The first-order chi connectivity index (χ1) is 13.6. The summed E-state index contributed by atoms with van der Waals surface area (Å²) in [6.45, 7) is 1.10. The largest absolute Gasteiger partial charge is 0.373 e. The van der Waals surface area contributed by atoms with Gasteiger partial charge in [-0.15, -0.1) is 0 Å². The molecule has 2 aromatic heterocycles. The van der Waals surface area contributed by atoms with Crippen molar-refractivity contribution in [3.63, 3.8) is 0 Å². The SMILES string of the molecule is CNc1ccc(C(=O)NCCSSCCNC(=O)c2ccc(NN)nc2)cn1. The molecule has 2 aromatic rings. The van der Waals surface area contributed by atoms with E-state index in [1.165, 1.54) is 6.20 Å². The van der Waals surface area contributed by atoms with E-state index in [-0.39, 0.29) is 11.8 Å². The van der Waals surface area contributed by atoms with Crippen LogP contribution in [0.5, 0.6) is 0 Å². The van der Waals surface area contributed by atoms with Crippen LogP contribution in [-0.4, -0.2) is 53.4 Å². The molecule has 11 heteroatoms. The Morgan fingerprint density at radius 3 is 1.79 bits per heavy atom. The fraction of sp³-hybridized carbons (Fsp3) is 0.294. The Balaban J connectivity index is 1.53. The quantitative estimate of drug-likeness (QED) is 0.158. The van der Waals surface area contributed by atoms with Crippen molar-refractivity contribution in [3.8, 4) is 0 Å². The van der Waals surface area contributed by atoms with Gasteiger partial charge >= 0.3 is 0 Å². The van der Waals surface area contributed by atoms with Crippen molar-refractivity contribution >= 4 is 45.0 Å². The minimum absolute atomic E-state index is 0.141. The van der Waals surface area contributed by atoms with Crippen molar-refractivity contribution < 1.29 is 9.59 Å². The van der Waals surface area contributed by atoms with Gasteiger partial charge in [0, 0.05) is 44.0 Å². The Kier molecular flexibility index (Phi) is 9.39. The lowest BCUT2D eigenvalue weighted by Crippen LogP contribution is -2.26. The second kappa shape index (κ2) is 12.1. The number of pyridine rings is 2. The maximum Gasteiger partial charge on any atom is 0.252 e. The minimum Gasteiger partial charge on any atom is -0.373 e. The van der Waals surface area contributed by atoms with Crippen LogP contribution in [-0.2, 0) is 0 Å². The molecule has 0 atom stereocenters. The van der Waals surface area contributed by atoms with E-state index in [9.17, 15) is 9.59 Å². The van der Waals surface area contributed by atoms with Crippen LogP contribution in [0.25, 0.3) is 0 Å². The van der Waals surface area contributed by atoms with E-state index in [1.54, 1.807) is 59.1 Å². The van der Waals surface area contributed by atoms with Crippen LogP contribution in [0, 0.1) is 0 Å². The summed E-state index contributed by atoms with van der Waals surface area (Å²) in [6.07, 6.45) is 3.01. The molecule has 0 aliphatic carbocycles. The number of amides is 2. The number of hydrogen-bond acceptors (Lipinski definition) is 9. The molecular formula is C17H23N7O2S2. The Labute approximate surface area is 171 Å². The van der Waals surface area contributed by atoms with Crippen LogP contribution < -0.4 is 27.2 Å². The third-order valence-corrected chi connectivity index (χ3v) is 5.89. The highest BCUT2D eigenvalue weighted by molar-refractivity contribution is 8.76. The summed E-state index contributed by atoms with van der Waals surface area (Å²) in [5.41, 5.74) is 3.42. The molecule has 0 bridgehead atoms. The number of nitrogens with zero attached hydrogens (tertiary/aromatic N) is 2. The van der Waals surface area contributed by atoms with Gasteiger partial charge in [-0.05, 0) is 24.3 Å². The van der Waals surface area contributed by atoms with E-state index in [0.29, 0.717) is 30.0 Å². The molecule has 0 spiro atoms. The lowest BCUT2D eigenvalue weighted by Gasteiger charge is -2.07. The van der Waals surface area contributed by atoms with Gasteiger partial charge in [0.05, 0.1) is 11.1 Å². The third-order valence-electron chi connectivity index (χ3n) is 3.48. The molecule has 0 aliphatic heterocycles. The number of hydrazine groups is 1. The van der Waals surface area contributed by atoms with Crippen molar-refractivity contribution in [2.75, 3.05) is 42.4 Å². The van der Waals surface area contributed by atoms with Gasteiger partial charge in [0.2, 0.25) is 0 Å². The van der Waals surface area contributed by atoms with E-state index in [1.807, 2.05) is 0 Å². The highest BCUT2D eigenvalue weighted by Crippen LogP contribution is 2.19. The zero-order chi connectivity index (χ0) is 20.2. The number of anilines is 2. The Hall–Kier alpha value is -2.50. The summed E-state index contributed by atoms with van der Waals surface area (Å²) in [5, 5.41) is 8.59. The molecule has 28 heavy (non-hydrogen) atoms. The maximum absolute atomic E-state index is 12.0. The maximum atomic E-state index is 12.0. The standard InChI is InChI=1S/C17H23N7O2S2/c1-19-14-4-2-12(10-22-14)16(25)20-6-8-27-28-9-7-21-17(26)13-3-5-15(24-18)23-11-13/h2-5,10-11H,6-9,18H2,1H3,(H,19,22)(H,20,25)(H,21,26)(H,23,24). The number of carbonyl (C=O) groups excluding carboxylic acids is 2. The van der Waals surface area contributed by atoms with Crippen molar-refractivity contribution in [1.29, 1.82) is 0 Å². The molecule has 0 unspecified atom stereocenters. The summed E-state index contributed by atoms with van der Waals surface area (Å²) in [5.74, 6) is 7.67. The van der Waals surface area contributed by atoms with Gasteiger partial charge in [-0.1, -0.05) is 21.6 Å². The molecule has 0 radical (unpaired) electrons. The Morgan fingerprint density at radius 2 is 1.39 bits per heavy atom. The molecule has 0 aromatic carbocycles. The lowest BCUT2D eigenvalue weighted by molar-refractivity contribution is 0.0947. The zero-order valence-electron chi connectivity index (χ0n) is 15.4. The Morgan fingerprint density at radius 1 is 0.893 bits per heavy atom. The first-order valence-corrected chi connectivity index (χ1v) is 11.0. The van der Waals surface area contributed by atoms with Crippen LogP contribution >= 0.6 is 21.6 Å².